The third-order valence-electron chi connectivity index (χ3n) is 6.76. The minimum absolute atomic E-state index is 0.0363. The Morgan fingerprint density at radius 3 is 2.43 bits per heavy atom. The predicted octanol–water partition coefficient (Wildman–Crippen LogP) is 5.07. The number of halogens is 5. The van der Waals surface area contributed by atoms with E-state index in [2.05, 4.69) is 20.6 Å². The summed E-state index contributed by atoms with van der Waals surface area (Å²) in [4.78, 5) is 22.9. The van der Waals surface area contributed by atoms with Gasteiger partial charge in [0.2, 0.25) is 5.91 Å². The van der Waals surface area contributed by atoms with Gasteiger partial charge in [0.05, 0.1) is 11.3 Å². The SMILES string of the molecule is CC(c1c(-c2cc(C(F)(F)F)cc(N3CCNCC3)n2)ccnc1NC(=O)C1CCC1)C(C)(F)F. The van der Waals surface area contributed by atoms with E-state index in [0.717, 1.165) is 25.5 Å². The van der Waals surface area contributed by atoms with Crippen molar-refractivity contribution in [3.8, 4) is 11.3 Å². The van der Waals surface area contributed by atoms with Crippen molar-refractivity contribution in [1.82, 2.24) is 15.3 Å². The van der Waals surface area contributed by atoms with Gasteiger partial charge in [0.25, 0.3) is 5.92 Å². The Morgan fingerprint density at radius 1 is 1.17 bits per heavy atom. The van der Waals surface area contributed by atoms with Crippen LogP contribution in [-0.2, 0) is 11.0 Å². The van der Waals surface area contributed by atoms with Gasteiger partial charge in [-0.1, -0.05) is 13.3 Å². The third kappa shape index (κ3) is 5.55. The van der Waals surface area contributed by atoms with E-state index in [9.17, 15) is 26.7 Å². The summed E-state index contributed by atoms with van der Waals surface area (Å²) >= 11 is 0. The summed E-state index contributed by atoms with van der Waals surface area (Å²) in [6.07, 6.45) is -1.06. The van der Waals surface area contributed by atoms with Crippen LogP contribution in [0.5, 0.6) is 0 Å². The fourth-order valence-corrected chi connectivity index (χ4v) is 4.25. The van der Waals surface area contributed by atoms with E-state index in [1.807, 2.05) is 0 Å². The van der Waals surface area contributed by atoms with Crippen LogP contribution in [-0.4, -0.2) is 48.0 Å². The Kier molecular flexibility index (Phi) is 6.99. The molecule has 0 aromatic carbocycles. The molecule has 1 saturated carbocycles. The molecule has 35 heavy (non-hydrogen) atoms. The second-order valence-corrected chi connectivity index (χ2v) is 9.25. The van der Waals surface area contributed by atoms with E-state index < -0.39 is 23.6 Å². The molecule has 190 valence electrons. The van der Waals surface area contributed by atoms with Crippen molar-refractivity contribution in [2.45, 2.75) is 51.1 Å². The van der Waals surface area contributed by atoms with Gasteiger partial charge in [-0.3, -0.25) is 4.79 Å². The molecule has 1 saturated heterocycles. The van der Waals surface area contributed by atoms with Crippen molar-refractivity contribution < 1.29 is 26.7 Å². The third-order valence-corrected chi connectivity index (χ3v) is 6.76. The molecular weight excluding hydrogens is 469 g/mol. The number of nitrogens with one attached hydrogen (secondary N) is 2. The number of alkyl halides is 5. The van der Waals surface area contributed by atoms with Crippen molar-refractivity contribution in [3.63, 3.8) is 0 Å². The van der Waals surface area contributed by atoms with Crippen molar-refractivity contribution in [2.75, 3.05) is 36.4 Å². The van der Waals surface area contributed by atoms with Crippen LogP contribution in [0.3, 0.4) is 0 Å². The molecule has 2 N–H and O–H groups in total. The molecule has 0 spiro atoms. The van der Waals surface area contributed by atoms with E-state index >= 15 is 0 Å². The normalized spacial score (nSPS) is 18.2. The molecule has 2 aromatic heterocycles. The van der Waals surface area contributed by atoms with Crippen molar-refractivity contribution in [3.05, 3.63) is 35.5 Å². The summed E-state index contributed by atoms with van der Waals surface area (Å²) in [7, 11) is 0. The van der Waals surface area contributed by atoms with Gasteiger partial charge >= 0.3 is 6.18 Å². The van der Waals surface area contributed by atoms with Crippen molar-refractivity contribution in [2.24, 2.45) is 5.92 Å². The van der Waals surface area contributed by atoms with E-state index in [0.29, 0.717) is 39.0 Å². The molecule has 0 bridgehead atoms. The van der Waals surface area contributed by atoms with Crippen LogP contribution >= 0.6 is 0 Å². The number of amides is 1. The van der Waals surface area contributed by atoms with Crippen LogP contribution in [0, 0.1) is 5.92 Å². The Morgan fingerprint density at radius 2 is 1.86 bits per heavy atom. The fraction of sp³-hybridized carbons (Fsp3) is 0.542. The molecule has 1 aliphatic carbocycles. The first kappa shape index (κ1) is 25.3. The zero-order valence-electron chi connectivity index (χ0n) is 19.6. The number of nitrogens with zero attached hydrogens (tertiary/aromatic N) is 3. The van der Waals surface area contributed by atoms with Gasteiger partial charge in [-0.2, -0.15) is 13.2 Å². The number of rotatable bonds is 6. The summed E-state index contributed by atoms with van der Waals surface area (Å²) < 4.78 is 70.5. The lowest BCUT2D eigenvalue weighted by atomic mass is 9.84. The number of piperazine rings is 1. The Bertz CT molecular complexity index is 1070. The second-order valence-electron chi connectivity index (χ2n) is 9.25. The summed E-state index contributed by atoms with van der Waals surface area (Å²) in [5.74, 6) is -5.17. The van der Waals surface area contributed by atoms with Crippen LogP contribution in [0.25, 0.3) is 11.3 Å². The average molecular weight is 498 g/mol. The maximum Gasteiger partial charge on any atom is 0.416 e. The molecule has 6 nitrogen and oxygen atoms in total. The molecule has 2 aliphatic rings. The first-order valence-electron chi connectivity index (χ1n) is 11.7. The number of anilines is 2. The highest BCUT2D eigenvalue weighted by Gasteiger charge is 2.38. The second kappa shape index (κ2) is 9.67. The maximum absolute atomic E-state index is 14.5. The lowest BCUT2D eigenvalue weighted by Crippen LogP contribution is -2.44. The number of hydrogen-bond donors (Lipinski definition) is 2. The van der Waals surface area contributed by atoms with Crippen LogP contribution < -0.4 is 15.5 Å². The molecule has 1 unspecified atom stereocenters. The highest BCUT2D eigenvalue weighted by atomic mass is 19.4. The van der Waals surface area contributed by atoms with E-state index in [1.165, 1.54) is 19.2 Å². The van der Waals surface area contributed by atoms with E-state index in [4.69, 9.17) is 0 Å². The topological polar surface area (TPSA) is 70.2 Å². The van der Waals surface area contributed by atoms with Gasteiger partial charge in [-0.25, -0.2) is 18.7 Å². The number of pyridine rings is 2. The Labute approximate surface area is 200 Å². The largest absolute Gasteiger partial charge is 0.416 e. The zero-order valence-corrected chi connectivity index (χ0v) is 19.6. The number of carbonyl (C=O) groups is 1. The number of hydrogen-bond acceptors (Lipinski definition) is 5. The molecule has 11 heteroatoms. The highest BCUT2D eigenvalue weighted by Crippen LogP contribution is 2.43. The summed E-state index contributed by atoms with van der Waals surface area (Å²) in [5.41, 5.74) is -0.970. The average Bonchev–Trinajstić information content (AvgIpc) is 2.76. The number of aromatic nitrogens is 2. The smallest absolute Gasteiger partial charge is 0.354 e. The maximum atomic E-state index is 14.5. The molecular formula is C24H28F5N5O. The minimum atomic E-state index is -4.66. The van der Waals surface area contributed by atoms with Crippen LogP contribution in [0.2, 0.25) is 0 Å². The molecule has 1 amide bonds. The quantitative estimate of drug-likeness (QED) is 0.546. The van der Waals surface area contributed by atoms with Crippen LogP contribution in [0.1, 0.15) is 50.2 Å². The molecule has 1 atom stereocenters. The lowest BCUT2D eigenvalue weighted by Gasteiger charge is -2.30. The van der Waals surface area contributed by atoms with E-state index in [-0.39, 0.29) is 40.3 Å². The standard InChI is InChI=1S/C24H28F5N5O/c1-14(23(2,25)26)20-17(6-7-31-21(20)33-22(35)15-4-3-5-15)18-12-16(24(27,28)29)13-19(32-18)34-10-8-30-9-11-34/h6-7,12-15,30H,3-5,8-11H2,1-2H3,(H,31,33,35). The fourth-order valence-electron chi connectivity index (χ4n) is 4.25. The molecule has 2 fully saturated rings. The molecule has 2 aromatic rings. The molecule has 3 heterocycles. The van der Waals surface area contributed by atoms with Gasteiger partial charge in [-0.05, 0) is 38.0 Å². The lowest BCUT2D eigenvalue weighted by molar-refractivity contribution is -0.137. The van der Waals surface area contributed by atoms with Crippen LogP contribution in [0.15, 0.2) is 24.4 Å². The van der Waals surface area contributed by atoms with Crippen molar-refractivity contribution >= 4 is 17.5 Å². The Balaban J connectivity index is 1.86. The molecule has 4 rings (SSSR count). The van der Waals surface area contributed by atoms with Gasteiger partial charge in [0.1, 0.15) is 11.6 Å². The zero-order chi connectivity index (χ0) is 25.4. The van der Waals surface area contributed by atoms with Gasteiger partial charge < -0.3 is 15.5 Å². The number of carbonyl (C=O) groups excluding carboxylic acids is 1. The summed E-state index contributed by atoms with van der Waals surface area (Å²) in [5, 5.41) is 5.78. The first-order chi connectivity index (χ1) is 16.4. The minimum Gasteiger partial charge on any atom is -0.354 e. The van der Waals surface area contributed by atoms with E-state index in [1.54, 1.807) is 4.90 Å². The first-order valence-corrected chi connectivity index (χ1v) is 11.7. The summed E-state index contributed by atoms with van der Waals surface area (Å²) in [6, 6.07) is 3.22. The summed E-state index contributed by atoms with van der Waals surface area (Å²) in [6.45, 7) is 4.10. The predicted molar refractivity (Wildman–Crippen MR) is 123 cm³/mol. The van der Waals surface area contributed by atoms with Gasteiger partial charge in [-0.15, -0.1) is 0 Å². The Hall–Kier alpha value is -2.82. The monoisotopic (exact) mass is 497 g/mol. The van der Waals surface area contributed by atoms with Crippen molar-refractivity contribution in [1.29, 1.82) is 0 Å². The van der Waals surface area contributed by atoms with Crippen LogP contribution in [0.4, 0.5) is 33.6 Å². The highest BCUT2D eigenvalue weighted by molar-refractivity contribution is 5.94. The molecule has 0 radical (unpaired) electrons. The van der Waals surface area contributed by atoms with Gasteiger partial charge in [0, 0.05) is 55.3 Å². The molecule has 1 aliphatic heterocycles. The van der Waals surface area contributed by atoms with Gasteiger partial charge in [0.15, 0.2) is 0 Å².